The lowest BCUT2D eigenvalue weighted by atomic mass is 10.2. The van der Waals surface area contributed by atoms with Crippen LogP contribution in [-0.4, -0.2) is 26.3 Å². The highest BCUT2D eigenvalue weighted by molar-refractivity contribution is 4.58. The molecule has 56 valence electrons. The Morgan fingerprint density at radius 2 is 2.11 bits per heavy atom. The molecule has 0 aromatic heterocycles. The van der Waals surface area contributed by atoms with Crippen molar-refractivity contribution in [2.24, 2.45) is 0 Å². The maximum absolute atomic E-state index is 5.21. The lowest BCUT2D eigenvalue weighted by Crippen LogP contribution is -2.29. The normalized spacial score (nSPS) is 13.7. The second-order valence-electron chi connectivity index (χ2n) is 2.05. The van der Waals surface area contributed by atoms with Crippen LogP contribution >= 0.6 is 0 Å². The average Bonchev–Trinajstić information content (AvgIpc) is 1.91. The Balaban J connectivity index is 3.09. The van der Waals surface area contributed by atoms with Crippen LogP contribution in [0.15, 0.2) is 0 Å². The zero-order valence-corrected chi connectivity index (χ0v) is 6.61. The van der Waals surface area contributed by atoms with E-state index in [0.717, 1.165) is 19.6 Å². The number of ether oxygens (including phenoxy) is 1. The molecular weight excluding hydrogens is 114 g/mol. The summed E-state index contributed by atoms with van der Waals surface area (Å²) >= 11 is 0. The summed E-state index contributed by atoms with van der Waals surface area (Å²) in [4.78, 5) is 0. The molecule has 2 nitrogen and oxygen atoms in total. The topological polar surface area (TPSA) is 21.3 Å². The van der Waals surface area contributed by atoms with Gasteiger partial charge in [0.25, 0.3) is 0 Å². The van der Waals surface area contributed by atoms with Crippen molar-refractivity contribution in [1.82, 2.24) is 5.32 Å². The van der Waals surface area contributed by atoms with Gasteiger partial charge >= 0.3 is 0 Å². The summed E-state index contributed by atoms with van der Waals surface area (Å²) in [5.41, 5.74) is 0. The van der Waals surface area contributed by atoms with Gasteiger partial charge in [-0.1, -0.05) is 6.92 Å². The predicted octanol–water partition coefficient (Wildman–Crippen LogP) is 1.02. The van der Waals surface area contributed by atoms with Gasteiger partial charge < -0.3 is 10.1 Å². The maximum Gasteiger partial charge on any atom is 0.0619 e. The van der Waals surface area contributed by atoms with Crippen LogP contribution in [0.1, 0.15) is 20.3 Å². The van der Waals surface area contributed by atoms with Crippen molar-refractivity contribution in [3.63, 3.8) is 0 Å². The second kappa shape index (κ2) is 6.05. The molecule has 0 fully saturated rings. The fraction of sp³-hybridized carbons (Fsp3) is 1.00. The number of nitrogens with one attached hydrogen (secondary N) is 1. The van der Waals surface area contributed by atoms with Crippen LogP contribution in [0, 0.1) is 0 Å². The average molecular weight is 131 g/mol. The summed E-state index contributed by atoms with van der Waals surface area (Å²) in [5, 5.41) is 3.16. The Hall–Kier alpha value is -0.0800. The van der Waals surface area contributed by atoms with Gasteiger partial charge in [-0.25, -0.2) is 0 Å². The van der Waals surface area contributed by atoms with E-state index in [-0.39, 0.29) is 0 Å². The molecule has 0 aromatic carbocycles. The quantitative estimate of drug-likeness (QED) is 0.601. The minimum Gasteiger partial charge on any atom is -0.380 e. The van der Waals surface area contributed by atoms with Gasteiger partial charge in [0.2, 0.25) is 0 Å². The first-order valence-corrected chi connectivity index (χ1v) is 3.60. The van der Waals surface area contributed by atoms with Gasteiger partial charge in [0.1, 0.15) is 0 Å². The number of hydrogen-bond donors (Lipinski definition) is 1. The highest BCUT2D eigenvalue weighted by Crippen LogP contribution is 1.89. The molecule has 0 radical (unpaired) electrons. The van der Waals surface area contributed by atoms with Crippen molar-refractivity contribution in [3.05, 3.63) is 0 Å². The van der Waals surface area contributed by atoms with Crippen molar-refractivity contribution in [2.45, 2.75) is 26.3 Å². The molecule has 0 amide bonds. The van der Waals surface area contributed by atoms with Crippen molar-refractivity contribution >= 4 is 0 Å². The highest BCUT2D eigenvalue weighted by atomic mass is 16.5. The predicted molar refractivity (Wildman–Crippen MR) is 39.6 cm³/mol. The van der Waals surface area contributed by atoms with E-state index in [1.54, 1.807) is 0 Å². The van der Waals surface area contributed by atoms with E-state index in [4.69, 9.17) is 4.74 Å². The summed E-state index contributed by atoms with van der Waals surface area (Å²) in [5.74, 6) is 0. The Bertz CT molecular complexity index is 52.9. The van der Waals surface area contributed by atoms with Crippen LogP contribution in [0.3, 0.4) is 0 Å². The zero-order valence-electron chi connectivity index (χ0n) is 6.61. The molecule has 9 heavy (non-hydrogen) atoms. The van der Waals surface area contributed by atoms with Crippen LogP contribution in [0.4, 0.5) is 0 Å². The van der Waals surface area contributed by atoms with Crippen LogP contribution in [0.2, 0.25) is 0 Å². The third-order valence-electron chi connectivity index (χ3n) is 1.42. The van der Waals surface area contributed by atoms with Gasteiger partial charge in [0.05, 0.1) is 6.61 Å². The highest BCUT2D eigenvalue weighted by Gasteiger charge is 1.99. The summed E-state index contributed by atoms with van der Waals surface area (Å²) in [6.07, 6.45) is 1.14. The van der Waals surface area contributed by atoms with Crippen LogP contribution in [0.5, 0.6) is 0 Å². The molecule has 0 aliphatic carbocycles. The summed E-state index contributed by atoms with van der Waals surface area (Å²) in [6.45, 7) is 5.82. The molecule has 0 rings (SSSR count). The smallest absolute Gasteiger partial charge is 0.0619 e. The molecule has 0 saturated heterocycles. The first kappa shape index (κ1) is 8.92. The molecule has 0 heterocycles. The molecule has 0 aromatic rings. The Labute approximate surface area is 57.6 Å². The summed E-state index contributed by atoms with van der Waals surface area (Å²) < 4.78 is 5.21. The van der Waals surface area contributed by atoms with E-state index >= 15 is 0 Å². The summed E-state index contributed by atoms with van der Waals surface area (Å²) in [6, 6.07) is 0.532. The molecule has 0 aliphatic rings. The number of likely N-dealkylation sites (N-methyl/N-ethyl adjacent to an activating group) is 1. The largest absolute Gasteiger partial charge is 0.380 e. The third-order valence-corrected chi connectivity index (χ3v) is 1.42. The van der Waals surface area contributed by atoms with E-state index in [9.17, 15) is 0 Å². The number of rotatable bonds is 5. The lowest BCUT2D eigenvalue weighted by molar-refractivity contribution is 0.124. The first-order valence-electron chi connectivity index (χ1n) is 3.60. The lowest BCUT2D eigenvalue weighted by Gasteiger charge is -2.12. The van der Waals surface area contributed by atoms with Crippen molar-refractivity contribution in [1.29, 1.82) is 0 Å². The molecule has 1 N–H and O–H groups in total. The molecule has 0 bridgehead atoms. The van der Waals surface area contributed by atoms with E-state index in [1.165, 1.54) is 0 Å². The van der Waals surface area contributed by atoms with Crippen molar-refractivity contribution in [2.75, 3.05) is 20.3 Å². The second-order valence-corrected chi connectivity index (χ2v) is 2.05. The number of hydrogen-bond acceptors (Lipinski definition) is 2. The van der Waals surface area contributed by atoms with Gasteiger partial charge in [0, 0.05) is 12.6 Å². The molecule has 0 unspecified atom stereocenters. The molecule has 2 heteroatoms. The minimum atomic E-state index is 0.532. The fourth-order valence-corrected chi connectivity index (χ4v) is 0.665. The molecule has 1 atom stereocenters. The van der Waals surface area contributed by atoms with Gasteiger partial charge in [-0.3, -0.25) is 0 Å². The van der Waals surface area contributed by atoms with Gasteiger partial charge in [-0.2, -0.15) is 0 Å². The monoisotopic (exact) mass is 131 g/mol. The maximum atomic E-state index is 5.21. The minimum absolute atomic E-state index is 0.532. The van der Waals surface area contributed by atoms with Crippen LogP contribution < -0.4 is 5.32 Å². The van der Waals surface area contributed by atoms with Gasteiger partial charge in [-0.15, -0.1) is 0 Å². The first-order chi connectivity index (χ1) is 4.35. The molecule has 0 spiro atoms. The van der Waals surface area contributed by atoms with E-state index < -0.39 is 0 Å². The Morgan fingerprint density at radius 1 is 1.44 bits per heavy atom. The zero-order chi connectivity index (χ0) is 7.11. The third kappa shape index (κ3) is 4.43. The van der Waals surface area contributed by atoms with E-state index in [2.05, 4.69) is 12.2 Å². The Morgan fingerprint density at radius 3 is 2.44 bits per heavy atom. The summed E-state index contributed by atoms with van der Waals surface area (Å²) in [7, 11) is 1.97. The Kier molecular flexibility index (Phi) is 5.99. The van der Waals surface area contributed by atoms with E-state index in [1.807, 2.05) is 14.0 Å². The van der Waals surface area contributed by atoms with Crippen molar-refractivity contribution in [3.8, 4) is 0 Å². The van der Waals surface area contributed by atoms with Gasteiger partial charge in [-0.05, 0) is 20.4 Å². The van der Waals surface area contributed by atoms with E-state index in [0.29, 0.717) is 6.04 Å². The van der Waals surface area contributed by atoms with Crippen LogP contribution in [-0.2, 0) is 4.74 Å². The fourth-order valence-electron chi connectivity index (χ4n) is 0.665. The molecule has 0 aliphatic heterocycles. The van der Waals surface area contributed by atoms with Crippen LogP contribution in [0.25, 0.3) is 0 Å². The SMILES string of the molecule is CCOC[C@H](CC)NC. The molecular formula is C7H17NO. The standard InChI is InChI=1S/C7H17NO/c1-4-7(8-3)6-9-5-2/h7-8H,4-6H2,1-3H3/t7-/m0/s1. The van der Waals surface area contributed by atoms with Crippen molar-refractivity contribution < 1.29 is 4.74 Å². The molecule has 0 saturated carbocycles. The van der Waals surface area contributed by atoms with Gasteiger partial charge in [0.15, 0.2) is 0 Å².